The van der Waals surface area contributed by atoms with Gasteiger partial charge in [-0.1, -0.05) is 30.3 Å². The van der Waals surface area contributed by atoms with Gasteiger partial charge in [0.25, 0.3) is 0 Å². The van der Waals surface area contributed by atoms with E-state index in [9.17, 15) is 4.21 Å². The molecule has 1 N–H and O–H groups in total. The highest BCUT2D eigenvalue weighted by molar-refractivity contribution is 7.84. The Bertz CT molecular complexity index is 841. The maximum atomic E-state index is 12.3. The van der Waals surface area contributed by atoms with Gasteiger partial charge in [0.05, 0.1) is 14.2 Å². The number of nitrogens with one attached hydrogen (secondary N) is 1. The number of hydrogen-bond acceptors (Lipinski definition) is 4. The molecule has 0 saturated carbocycles. The molecule has 2 aromatic carbocycles. The lowest BCUT2D eigenvalue weighted by Gasteiger charge is -2.23. The Morgan fingerprint density at radius 1 is 1.14 bits per heavy atom. The van der Waals surface area contributed by atoms with Crippen molar-refractivity contribution in [3.8, 4) is 11.5 Å². The molecule has 0 heterocycles. The summed E-state index contributed by atoms with van der Waals surface area (Å²) in [6, 6.07) is 13.9. The summed E-state index contributed by atoms with van der Waals surface area (Å²) < 4.78 is 23.1. The summed E-state index contributed by atoms with van der Waals surface area (Å²) in [6.45, 7) is 3.31. The first kappa shape index (κ1) is 22.7. The third-order valence-corrected chi connectivity index (χ3v) is 5.92. The Labute approximate surface area is 176 Å². The molecule has 2 aromatic rings. The minimum absolute atomic E-state index is 0.567. The van der Waals surface area contributed by atoms with Crippen LogP contribution in [-0.4, -0.2) is 55.7 Å². The Morgan fingerprint density at radius 3 is 2.41 bits per heavy atom. The lowest BCUT2D eigenvalue weighted by Crippen LogP contribution is -2.40. The highest BCUT2D eigenvalue weighted by atomic mass is 32.2. The van der Waals surface area contributed by atoms with Crippen molar-refractivity contribution in [3.63, 3.8) is 0 Å². The van der Waals surface area contributed by atoms with Crippen LogP contribution in [0.5, 0.6) is 11.5 Å². The summed E-state index contributed by atoms with van der Waals surface area (Å²) in [4.78, 5) is 6.38. The van der Waals surface area contributed by atoms with Crippen LogP contribution in [0.2, 0.25) is 0 Å². The fraction of sp³-hybridized carbons (Fsp3) is 0.409. The number of aliphatic imine (C=N–C) groups is 1. The predicted molar refractivity (Wildman–Crippen MR) is 120 cm³/mol. The fourth-order valence-electron chi connectivity index (χ4n) is 3.02. The summed E-state index contributed by atoms with van der Waals surface area (Å²) in [6.07, 6.45) is 0. The maximum absolute atomic E-state index is 12.3. The zero-order valence-corrected chi connectivity index (χ0v) is 18.7. The van der Waals surface area contributed by atoms with Crippen molar-refractivity contribution in [2.45, 2.75) is 19.2 Å². The van der Waals surface area contributed by atoms with Gasteiger partial charge in [-0.3, -0.25) is 9.20 Å². The number of hydrogen-bond donors (Lipinski definition) is 1. The van der Waals surface area contributed by atoms with E-state index in [0.717, 1.165) is 28.4 Å². The van der Waals surface area contributed by atoms with Gasteiger partial charge in [-0.2, -0.15) is 0 Å². The van der Waals surface area contributed by atoms with Crippen LogP contribution in [0.25, 0.3) is 0 Å². The van der Waals surface area contributed by atoms with Crippen molar-refractivity contribution >= 4 is 16.8 Å². The summed E-state index contributed by atoms with van der Waals surface area (Å²) in [7, 11) is 6.08. The number of ether oxygens (including phenoxy) is 2. The Balaban J connectivity index is 1.90. The smallest absolute Gasteiger partial charge is 0.193 e. The molecule has 0 aliphatic heterocycles. The second kappa shape index (κ2) is 11.5. The Morgan fingerprint density at radius 2 is 1.79 bits per heavy atom. The van der Waals surface area contributed by atoms with Crippen molar-refractivity contribution in [2.75, 3.05) is 40.6 Å². The summed E-state index contributed by atoms with van der Waals surface area (Å²) in [5.74, 6) is 3.33. The topological polar surface area (TPSA) is 63.2 Å². The summed E-state index contributed by atoms with van der Waals surface area (Å²) in [5, 5.41) is 3.30. The van der Waals surface area contributed by atoms with Crippen LogP contribution >= 0.6 is 0 Å². The molecule has 6 nitrogen and oxygen atoms in total. The van der Waals surface area contributed by atoms with E-state index in [2.05, 4.69) is 10.3 Å². The largest absolute Gasteiger partial charge is 0.493 e. The average molecular weight is 418 g/mol. The zero-order chi connectivity index (χ0) is 21.2. The zero-order valence-electron chi connectivity index (χ0n) is 17.9. The number of rotatable bonds is 9. The molecule has 0 amide bonds. The highest BCUT2D eigenvalue weighted by Gasteiger charge is 2.13. The van der Waals surface area contributed by atoms with Crippen LogP contribution in [0.3, 0.4) is 0 Å². The van der Waals surface area contributed by atoms with Crippen molar-refractivity contribution < 1.29 is 13.7 Å². The van der Waals surface area contributed by atoms with E-state index in [1.807, 2.05) is 61.3 Å². The molecule has 1 atom stereocenters. The lowest BCUT2D eigenvalue weighted by atomic mass is 10.1. The molecule has 7 heteroatoms. The van der Waals surface area contributed by atoms with E-state index in [0.29, 0.717) is 30.3 Å². The predicted octanol–water partition coefficient (Wildman–Crippen LogP) is 2.97. The lowest BCUT2D eigenvalue weighted by molar-refractivity contribution is 0.353. The Kier molecular flexibility index (Phi) is 8.99. The number of guanidine groups is 1. The quantitative estimate of drug-likeness (QED) is 0.502. The van der Waals surface area contributed by atoms with Crippen molar-refractivity contribution in [1.29, 1.82) is 0 Å². The van der Waals surface area contributed by atoms with Crippen molar-refractivity contribution in [3.05, 3.63) is 59.2 Å². The molecule has 1 unspecified atom stereocenters. The molecule has 2 rings (SSSR count). The number of benzene rings is 2. The first-order chi connectivity index (χ1) is 14.0. The van der Waals surface area contributed by atoms with E-state index in [1.54, 1.807) is 21.3 Å². The number of methoxy groups -OCH3 is 2. The third-order valence-electron chi connectivity index (χ3n) is 4.61. The minimum Gasteiger partial charge on any atom is -0.493 e. The van der Waals surface area contributed by atoms with Crippen LogP contribution < -0.4 is 14.8 Å². The first-order valence-corrected chi connectivity index (χ1v) is 11.0. The van der Waals surface area contributed by atoms with Crippen LogP contribution in [0, 0.1) is 6.92 Å². The van der Waals surface area contributed by atoms with Gasteiger partial charge in [0.15, 0.2) is 17.5 Å². The molecular weight excluding hydrogens is 386 g/mol. The molecule has 0 aliphatic carbocycles. The standard InChI is InChI=1S/C22H31N3O3S/c1-17-13-20(27-4)21(28-5)14-19(17)15-25(3)22(23-2)24-11-12-29(26)16-18-9-7-6-8-10-18/h6-10,13-14H,11-12,15-16H2,1-5H3,(H,23,24). The Hall–Kier alpha value is -2.54. The van der Waals surface area contributed by atoms with Gasteiger partial charge in [0, 0.05) is 49.5 Å². The molecule has 0 spiro atoms. The normalized spacial score (nSPS) is 12.4. The number of aryl methyl sites for hydroxylation is 1. The number of nitrogens with zero attached hydrogens (tertiary/aromatic N) is 2. The van der Waals surface area contributed by atoms with Crippen molar-refractivity contribution in [1.82, 2.24) is 10.2 Å². The fourth-order valence-corrected chi connectivity index (χ4v) is 4.06. The van der Waals surface area contributed by atoms with Gasteiger partial charge in [-0.15, -0.1) is 0 Å². The van der Waals surface area contributed by atoms with E-state index in [-0.39, 0.29) is 0 Å². The van der Waals surface area contributed by atoms with Gasteiger partial charge >= 0.3 is 0 Å². The molecule has 0 aliphatic rings. The van der Waals surface area contributed by atoms with Crippen LogP contribution in [-0.2, 0) is 23.1 Å². The first-order valence-electron chi connectivity index (χ1n) is 9.50. The van der Waals surface area contributed by atoms with Crippen LogP contribution in [0.15, 0.2) is 47.5 Å². The van der Waals surface area contributed by atoms with Gasteiger partial charge < -0.3 is 19.7 Å². The monoisotopic (exact) mass is 417 g/mol. The molecular formula is C22H31N3O3S. The second-order valence-electron chi connectivity index (χ2n) is 6.74. The van der Waals surface area contributed by atoms with Crippen molar-refractivity contribution in [2.24, 2.45) is 4.99 Å². The van der Waals surface area contributed by atoms with Gasteiger partial charge in [-0.05, 0) is 35.7 Å². The molecule has 158 valence electrons. The molecule has 0 fully saturated rings. The van der Waals surface area contributed by atoms with Crippen LogP contribution in [0.1, 0.15) is 16.7 Å². The van der Waals surface area contributed by atoms with E-state index >= 15 is 0 Å². The van der Waals surface area contributed by atoms with E-state index in [1.165, 1.54) is 0 Å². The minimum atomic E-state index is -0.919. The van der Waals surface area contributed by atoms with E-state index in [4.69, 9.17) is 9.47 Å². The SMILES string of the molecule is CN=C(NCCS(=O)Cc1ccccc1)N(C)Cc1cc(OC)c(OC)cc1C. The summed E-state index contributed by atoms with van der Waals surface area (Å²) in [5.41, 5.74) is 3.34. The average Bonchev–Trinajstić information content (AvgIpc) is 2.72. The molecule has 29 heavy (non-hydrogen) atoms. The molecule has 0 aromatic heterocycles. The molecule has 0 radical (unpaired) electrons. The van der Waals surface area contributed by atoms with Gasteiger partial charge in [0.2, 0.25) is 0 Å². The van der Waals surface area contributed by atoms with Gasteiger partial charge in [0.1, 0.15) is 0 Å². The highest BCUT2D eigenvalue weighted by Crippen LogP contribution is 2.30. The third kappa shape index (κ3) is 6.78. The molecule has 0 bridgehead atoms. The molecule has 0 saturated heterocycles. The maximum Gasteiger partial charge on any atom is 0.193 e. The van der Waals surface area contributed by atoms with Gasteiger partial charge in [-0.25, -0.2) is 0 Å². The van der Waals surface area contributed by atoms with Crippen LogP contribution in [0.4, 0.5) is 0 Å². The summed E-state index contributed by atoms with van der Waals surface area (Å²) >= 11 is 0. The second-order valence-corrected chi connectivity index (χ2v) is 8.31. The van der Waals surface area contributed by atoms with E-state index < -0.39 is 10.8 Å².